The fourth-order valence-corrected chi connectivity index (χ4v) is 2.15. The molecule has 1 unspecified atom stereocenters. The first kappa shape index (κ1) is 13.1. The van der Waals surface area contributed by atoms with Gasteiger partial charge in [0.15, 0.2) is 0 Å². The molecule has 0 bridgehead atoms. The van der Waals surface area contributed by atoms with Gasteiger partial charge in [-0.05, 0) is 40.5 Å². The monoisotopic (exact) mass is 326 g/mol. The van der Waals surface area contributed by atoms with Crippen LogP contribution in [0.5, 0.6) is 0 Å². The summed E-state index contributed by atoms with van der Waals surface area (Å²) in [7, 11) is 0. The summed E-state index contributed by atoms with van der Waals surface area (Å²) in [6.07, 6.45) is 0. The van der Waals surface area contributed by atoms with E-state index in [2.05, 4.69) is 31.2 Å². The minimum Gasteiger partial charge on any atom is -0.383 e. The van der Waals surface area contributed by atoms with Crippen LogP contribution in [0.1, 0.15) is 18.5 Å². The zero-order chi connectivity index (χ0) is 13.1. The summed E-state index contributed by atoms with van der Waals surface area (Å²) < 4.78 is 0.649. The molecule has 2 aromatic rings. The summed E-state index contributed by atoms with van der Waals surface area (Å²) >= 11 is 9.23. The lowest BCUT2D eigenvalue weighted by molar-refractivity contribution is 0.859. The van der Waals surface area contributed by atoms with Gasteiger partial charge in [-0.1, -0.05) is 23.7 Å². The van der Waals surface area contributed by atoms with Gasteiger partial charge in [-0.3, -0.25) is 0 Å². The van der Waals surface area contributed by atoms with Crippen LogP contribution in [0.15, 0.2) is 34.9 Å². The molecule has 18 heavy (non-hydrogen) atoms. The third-order valence-corrected chi connectivity index (χ3v) is 3.05. The lowest BCUT2D eigenvalue weighted by Crippen LogP contribution is -2.10. The number of hydrogen-bond donors (Lipinski definition) is 2. The molecule has 3 N–H and O–H groups in total. The molecule has 0 aliphatic rings. The number of rotatable bonds is 3. The number of aromatic nitrogens is 2. The molecule has 1 heterocycles. The molecule has 1 aromatic heterocycles. The summed E-state index contributed by atoms with van der Waals surface area (Å²) in [4.78, 5) is 8.32. The van der Waals surface area contributed by atoms with Gasteiger partial charge in [0, 0.05) is 11.1 Å². The average molecular weight is 328 g/mol. The fraction of sp³-hybridized carbons (Fsp3) is 0.167. The summed E-state index contributed by atoms with van der Waals surface area (Å²) in [5.74, 6) is 0.895. The number of hydrogen-bond acceptors (Lipinski definition) is 4. The average Bonchev–Trinajstić information content (AvgIpc) is 2.27. The van der Waals surface area contributed by atoms with Crippen molar-refractivity contribution >= 4 is 39.3 Å². The molecule has 0 saturated carbocycles. The molecule has 0 fully saturated rings. The number of nitrogen functional groups attached to an aromatic ring is 1. The molecule has 1 aromatic carbocycles. The number of nitrogens with two attached hydrogens (primary N) is 1. The molecule has 0 aliphatic carbocycles. The molecule has 0 aliphatic heterocycles. The van der Waals surface area contributed by atoms with E-state index in [1.165, 1.54) is 0 Å². The SMILES string of the molecule is CC(Nc1nc(N)cc(Br)n1)c1cccc(Cl)c1. The Bertz CT molecular complexity index is 541. The Morgan fingerprint density at radius 2 is 2.11 bits per heavy atom. The van der Waals surface area contributed by atoms with E-state index >= 15 is 0 Å². The highest BCUT2D eigenvalue weighted by Crippen LogP contribution is 2.21. The molecular formula is C12H12BrClN4. The second kappa shape index (κ2) is 5.54. The first-order valence-electron chi connectivity index (χ1n) is 5.36. The predicted octanol–water partition coefficient (Wildman–Crippen LogP) is 3.65. The Morgan fingerprint density at radius 3 is 2.78 bits per heavy atom. The van der Waals surface area contributed by atoms with Crippen molar-refractivity contribution in [3.63, 3.8) is 0 Å². The van der Waals surface area contributed by atoms with Crippen molar-refractivity contribution in [2.24, 2.45) is 0 Å². The second-order valence-electron chi connectivity index (χ2n) is 3.86. The van der Waals surface area contributed by atoms with Gasteiger partial charge in [-0.15, -0.1) is 0 Å². The van der Waals surface area contributed by atoms with Crippen molar-refractivity contribution in [1.82, 2.24) is 9.97 Å². The second-order valence-corrected chi connectivity index (χ2v) is 5.11. The molecule has 94 valence electrons. The zero-order valence-corrected chi connectivity index (χ0v) is 12.0. The van der Waals surface area contributed by atoms with Crippen LogP contribution >= 0.6 is 27.5 Å². The van der Waals surface area contributed by atoms with Gasteiger partial charge in [-0.2, -0.15) is 4.98 Å². The summed E-state index contributed by atoms with van der Waals surface area (Å²) in [5.41, 5.74) is 6.72. The first-order valence-corrected chi connectivity index (χ1v) is 6.54. The van der Waals surface area contributed by atoms with Crippen LogP contribution in [0, 0.1) is 0 Å². The number of nitrogens with one attached hydrogen (secondary N) is 1. The standard InChI is InChI=1S/C12H12BrClN4/c1-7(8-3-2-4-9(14)5-8)16-12-17-10(13)6-11(15)18-12/h2-7H,1H3,(H3,15,16,17,18). The molecule has 0 spiro atoms. The van der Waals surface area contributed by atoms with E-state index in [0.29, 0.717) is 21.4 Å². The zero-order valence-electron chi connectivity index (χ0n) is 9.69. The maximum absolute atomic E-state index is 5.96. The van der Waals surface area contributed by atoms with Crippen molar-refractivity contribution in [3.8, 4) is 0 Å². The highest BCUT2D eigenvalue weighted by molar-refractivity contribution is 9.10. The van der Waals surface area contributed by atoms with Crippen molar-refractivity contribution in [2.75, 3.05) is 11.1 Å². The maximum atomic E-state index is 5.96. The quantitative estimate of drug-likeness (QED) is 0.845. The van der Waals surface area contributed by atoms with Gasteiger partial charge >= 0.3 is 0 Å². The first-order chi connectivity index (χ1) is 8.54. The lowest BCUT2D eigenvalue weighted by atomic mass is 10.1. The van der Waals surface area contributed by atoms with E-state index in [1.807, 2.05) is 31.2 Å². The van der Waals surface area contributed by atoms with E-state index in [9.17, 15) is 0 Å². The Hall–Kier alpha value is -1.33. The van der Waals surface area contributed by atoms with Crippen LogP contribution in [-0.4, -0.2) is 9.97 Å². The van der Waals surface area contributed by atoms with Gasteiger partial charge in [0.05, 0.1) is 6.04 Å². The summed E-state index contributed by atoms with van der Waals surface area (Å²) in [6.45, 7) is 2.01. The van der Waals surface area contributed by atoms with Gasteiger partial charge in [0.2, 0.25) is 5.95 Å². The highest BCUT2D eigenvalue weighted by atomic mass is 79.9. The van der Waals surface area contributed by atoms with E-state index in [0.717, 1.165) is 5.56 Å². The van der Waals surface area contributed by atoms with Crippen LogP contribution in [0.25, 0.3) is 0 Å². The van der Waals surface area contributed by atoms with E-state index in [4.69, 9.17) is 17.3 Å². The molecular weight excluding hydrogens is 316 g/mol. The van der Waals surface area contributed by atoms with Crippen molar-refractivity contribution in [2.45, 2.75) is 13.0 Å². The lowest BCUT2D eigenvalue weighted by Gasteiger charge is -2.14. The number of benzene rings is 1. The number of halogens is 2. The number of anilines is 2. The summed E-state index contributed by atoms with van der Waals surface area (Å²) in [5, 5.41) is 3.88. The van der Waals surface area contributed by atoms with Crippen molar-refractivity contribution in [1.29, 1.82) is 0 Å². The molecule has 0 saturated heterocycles. The van der Waals surface area contributed by atoms with Gasteiger partial charge in [0.1, 0.15) is 10.4 Å². The molecule has 1 atom stereocenters. The van der Waals surface area contributed by atoms with E-state index < -0.39 is 0 Å². The third kappa shape index (κ3) is 3.34. The Labute approximate surface area is 119 Å². The van der Waals surface area contributed by atoms with Crippen LogP contribution in [0.3, 0.4) is 0 Å². The molecule has 6 heteroatoms. The maximum Gasteiger partial charge on any atom is 0.226 e. The van der Waals surface area contributed by atoms with E-state index in [1.54, 1.807) is 6.07 Å². The minimum atomic E-state index is 0.0393. The molecule has 4 nitrogen and oxygen atoms in total. The topological polar surface area (TPSA) is 63.8 Å². The summed E-state index contributed by atoms with van der Waals surface area (Å²) in [6, 6.07) is 9.33. The Balaban J connectivity index is 2.18. The Morgan fingerprint density at radius 1 is 1.33 bits per heavy atom. The van der Waals surface area contributed by atoms with Gasteiger partial charge < -0.3 is 11.1 Å². The highest BCUT2D eigenvalue weighted by Gasteiger charge is 2.08. The van der Waals surface area contributed by atoms with Gasteiger partial charge in [-0.25, -0.2) is 4.98 Å². The smallest absolute Gasteiger partial charge is 0.226 e. The van der Waals surface area contributed by atoms with Crippen molar-refractivity contribution in [3.05, 3.63) is 45.5 Å². The largest absolute Gasteiger partial charge is 0.383 e. The van der Waals surface area contributed by atoms with Gasteiger partial charge in [0.25, 0.3) is 0 Å². The van der Waals surface area contributed by atoms with Crippen LogP contribution in [0.2, 0.25) is 5.02 Å². The van der Waals surface area contributed by atoms with E-state index in [-0.39, 0.29) is 6.04 Å². The van der Waals surface area contributed by atoms with Crippen molar-refractivity contribution < 1.29 is 0 Å². The molecule has 0 amide bonds. The Kier molecular flexibility index (Phi) is 4.04. The van der Waals surface area contributed by atoms with Crippen LogP contribution < -0.4 is 11.1 Å². The normalized spacial score (nSPS) is 12.2. The molecule has 0 radical (unpaired) electrons. The molecule has 2 rings (SSSR count). The van der Waals surface area contributed by atoms with Crippen LogP contribution in [-0.2, 0) is 0 Å². The predicted molar refractivity (Wildman–Crippen MR) is 77.6 cm³/mol. The minimum absolute atomic E-state index is 0.0393. The third-order valence-electron chi connectivity index (χ3n) is 2.41. The number of nitrogens with zero attached hydrogens (tertiary/aromatic N) is 2. The fourth-order valence-electron chi connectivity index (χ4n) is 1.55. The van der Waals surface area contributed by atoms with Crippen LogP contribution in [0.4, 0.5) is 11.8 Å².